The van der Waals surface area contributed by atoms with Gasteiger partial charge in [-0.3, -0.25) is 0 Å². The zero-order valence-corrected chi connectivity index (χ0v) is 10.5. The molecular weight excluding hydrogens is 186 g/mol. The highest BCUT2D eigenvalue weighted by atomic mass is 16.3. The zero-order valence-electron chi connectivity index (χ0n) is 10.5. The van der Waals surface area contributed by atoms with Crippen molar-refractivity contribution in [2.45, 2.75) is 65.0 Å². The van der Waals surface area contributed by atoms with E-state index in [1.807, 2.05) is 0 Å². The number of aliphatic hydroxyl groups excluding tert-OH is 1. The lowest BCUT2D eigenvalue weighted by Gasteiger charge is -2.33. The first-order valence-electron chi connectivity index (χ1n) is 6.55. The van der Waals surface area contributed by atoms with E-state index < -0.39 is 0 Å². The molecule has 0 aromatic rings. The summed E-state index contributed by atoms with van der Waals surface area (Å²) in [6.45, 7) is 7.57. The van der Waals surface area contributed by atoms with Gasteiger partial charge in [0.1, 0.15) is 0 Å². The maximum Gasteiger partial charge on any atom is 0.0664 e. The average Bonchev–Trinajstić information content (AvgIpc) is 2.17. The van der Waals surface area contributed by atoms with Crippen LogP contribution in [0.1, 0.15) is 52.9 Å². The molecule has 1 saturated carbocycles. The van der Waals surface area contributed by atoms with E-state index in [9.17, 15) is 5.11 Å². The maximum absolute atomic E-state index is 9.66. The summed E-state index contributed by atoms with van der Waals surface area (Å²) in [5.74, 6) is 1.65. The molecule has 15 heavy (non-hydrogen) atoms. The van der Waals surface area contributed by atoms with Crippen molar-refractivity contribution in [3.8, 4) is 0 Å². The molecule has 1 rings (SSSR count). The molecule has 1 aliphatic rings. The molecule has 0 radical (unpaired) electrons. The number of hydrogen-bond acceptors (Lipinski definition) is 2. The molecule has 4 unspecified atom stereocenters. The minimum absolute atomic E-state index is 0.151. The highest BCUT2D eigenvalue weighted by molar-refractivity contribution is 4.81. The van der Waals surface area contributed by atoms with E-state index in [0.29, 0.717) is 6.04 Å². The first-order chi connectivity index (χ1) is 7.13. The third-order valence-corrected chi connectivity index (χ3v) is 3.67. The fourth-order valence-electron chi connectivity index (χ4n) is 2.69. The van der Waals surface area contributed by atoms with Crippen LogP contribution in [0.4, 0.5) is 0 Å². The van der Waals surface area contributed by atoms with Gasteiger partial charge in [0.05, 0.1) is 6.10 Å². The SMILES string of the molecule is CCCC(O)CNC1CCC(C)CC1C. The van der Waals surface area contributed by atoms with Gasteiger partial charge in [-0.25, -0.2) is 0 Å². The minimum atomic E-state index is -0.151. The van der Waals surface area contributed by atoms with Crippen LogP contribution >= 0.6 is 0 Å². The quantitative estimate of drug-likeness (QED) is 0.735. The van der Waals surface area contributed by atoms with Gasteiger partial charge in [0, 0.05) is 12.6 Å². The molecule has 4 atom stereocenters. The Hall–Kier alpha value is -0.0800. The second kappa shape index (κ2) is 6.49. The van der Waals surface area contributed by atoms with Crippen molar-refractivity contribution in [3.05, 3.63) is 0 Å². The van der Waals surface area contributed by atoms with E-state index in [4.69, 9.17) is 0 Å². The second-order valence-electron chi connectivity index (χ2n) is 5.35. The van der Waals surface area contributed by atoms with E-state index in [1.54, 1.807) is 0 Å². The molecule has 0 spiro atoms. The molecule has 1 aliphatic carbocycles. The van der Waals surface area contributed by atoms with Crippen molar-refractivity contribution in [3.63, 3.8) is 0 Å². The fraction of sp³-hybridized carbons (Fsp3) is 1.00. The van der Waals surface area contributed by atoms with E-state index >= 15 is 0 Å². The van der Waals surface area contributed by atoms with Gasteiger partial charge in [-0.2, -0.15) is 0 Å². The lowest BCUT2D eigenvalue weighted by Crippen LogP contribution is -2.42. The zero-order chi connectivity index (χ0) is 11.3. The van der Waals surface area contributed by atoms with Gasteiger partial charge in [-0.05, 0) is 37.5 Å². The van der Waals surface area contributed by atoms with Crippen LogP contribution < -0.4 is 5.32 Å². The first-order valence-corrected chi connectivity index (χ1v) is 6.55. The third kappa shape index (κ3) is 4.52. The predicted molar refractivity (Wildman–Crippen MR) is 64.9 cm³/mol. The topological polar surface area (TPSA) is 32.3 Å². The monoisotopic (exact) mass is 213 g/mol. The fourth-order valence-corrected chi connectivity index (χ4v) is 2.69. The molecule has 0 saturated heterocycles. The summed E-state index contributed by atoms with van der Waals surface area (Å²) in [5.41, 5.74) is 0. The van der Waals surface area contributed by atoms with Crippen LogP contribution in [0.2, 0.25) is 0 Å². The summed E-state index contributed by atoms with van der Waals surface area (Å²) in [6.07, 6.45) is 5.79. The van der Waals surface area contributed by atoms with Crippen molar-refractivity contribution < 1.29 is 5.11 Å². The van der Waals surface area contributed by atoms with Crippen molar-refractivity contribution in [2.75, 3.05) is 6.54 Å². The second-order valence-corrected chi connectivity index (χ2v) is 5.35. The van der Waals surface area contributed by atoms with Crippen LogP contribution in [0, 0.1) is 11.8 Å². The Labute approximate surface area is 94.5 Å². The molecule has 0 aromatic carbocycles. The highest BCUT2D eigenvalue weighted by Crippen LogP contribution is 2.28. The summed E-state index contributed by atoms with van der Waals surface area (Å²) in [7, 11) is 0. The predicted octanol–water partition coefficient (Wildman–Crippen LogP) is 2.56. The molecule has 0 bridgehead atoms. The average molecular weight is 213 g/mol. The van der Waals surface area contributed by atoms with Gasteiger partial charge in [0.2, 0.25) is 0 Å². The van der Waals surface area contributed by atoms with E-state index in [-0.39, 0.29) is 6.10 Å². The van der Waals surface area contributed by atoms with E-state index in [1.165, 1.54) is 19.3 Å². The first kappa shape index (κ1) is 13.0. The van der Waals surface area contributed by atoms with Gasteiger partial charge >= 0.3 is 0 Å². The summed E-state index contributed by atoms with van der Waals surface area (Å²) >= 11 is 0. The Kier molecular flexibility index (Phi) is 5.62. The van der Waals surface area contributed by atoms with Crippen LogP contribution in [-0.4, -0.2) is 23.8 Å². The molecule has 90 valence electrons. The Morgan fingerprint density at radius 1 is 1.33 bits per heavy atom. The lowest BCUT2D eigenvalue weighted by atomic mass is 9.80. The Morgan fingerprint density at radius 2 is 2.07 bits per heavy atom. The molecule has 2 heteroatoms. The smallest absolute Gasteiger partial charge is 0.0664 e. The van der Waals surface area contributed by atoms with Gasteiger partial charge in [0.15, 0.2) is 0 Å². The van der Waals surface area contributed by atoms with Gasteiger partial charge in [-0.15, -0.1) is 0 Å². The Balaban J connectivity index is 2.20. The van der Waals surface area contributed by atoms with Crippen LogP contribution in [0.3, 0.4) is 0 Å². The molecule has 2 N–H and O–H groups in total. The standard InChI is InChI=1S/C13H27NO/c1-4-5-12(15)9-14-13-7-6-10(2)8-11(13)3/h10-15H,4-9H2,1-3H3. The van der Waals surface area contributed by atoms with Gasteiger partial charge in [-0.1, -0.05) is 27.2 Å². The summed E-state index contributed by atoms with van der Waals surface area (Å²) in [5, 5.41) is 13.2. The van der Waals surface area contributed by atoms with Crippen LogP contribution in [-0.2, 0) is 0 Å². The molecule has 0 aromatic heterocycles. The van der Waals surface area contributed by atoms with Crippen molar-refractivity contribution >= 4 is 0 Å². The number of nitrogens with one attached hydrogen (secondary N) is 1. The molecule has 1 fully saturated rings. The minimum Gasteiger partial charge on any atom is -0.392 e. The number of hydrogen-bond donors (Lipinski definition) is 2. The van der Waals surface area contributed by atoms with Crippen LogP contribution in [0.5, 0.6) is 0 Å². The summed E-state index contributed by atoms with van der Waals surface area (Å²) in [4.78, 5) is 0. The lowest BCUT2D eigenvalue weighted by molar-refractivity contribution is 0.141. The maximum atomic E-state index is 9.66. The highest BCUT2D eigenvalue weighted by Gasteiger charge is 2.24. The summed E-state index contributed by atoms with van der Waals surface area (Å²) in [6, 6.07) is 0.632. The van der Waals surface area contributed by atoms with Gasteiger partial charge < -0.3 is 10.4 Å². The van der Waals surface area contributed by atoms with Crippen molar-refractivity contribution in [1.29, 1.82) is 0 Å². The molecule has 0 aliphatic heterocycles. The van der Waals surface area contributed by atoms with Crippen molar-refractivity contribution in [2.24, 2.45) is 11.8 Å². The largest absolute Gasteiger partial charge is 0.392 e. The van der Waals surface area contributed by atoms with Crippen LogP contribution in [0.15, 0.2) is 0 Å². The van der Waals surface area contributed by atoms with Crippen molar-refractivity contribution in [1.82, 2.24) is 5.32 Å². The number of rotatable bonds is 5. The Bertz CT molecular complexity index is 172. The van der Waals surface area contributed by atoms with Gasteiger partial charge in [0.25, 0.3) is 0 Å². The van der Waals surface area contributed by atoms with E-state index in [2.05, 4.69) is 26.1 Å². The van der Waals surface area contributed by atoms with Crippen LogP contribution in [0.25, 0.3) is 0 Å². The number of aliphatic hydroxyl groups is 1. The summed E-state index contributed by atoms with van der Waals surface area (Å²) < 4.78 is 0. The van der Waals surface area contributed by atoms with E-state index in [0.717, 1.165) is 31.2 Å². The molecule has 2 nitrogen and oxygen atoms in total. The normalized spacial score (nSPS) is 34.0. The molecular formula is C13H27NO. The molecule has 0 amide bonds. The third-order valence-electron chi connectivity index (χ3n) is 3.67. The molecule has 0 heterocycles. The Morgan fingerprint density at radius 3 is 2.67 bits per heavy atom.